The molecule has 0 unspecified atom stereocenters. The first kappa shape index (κ1) is 25.3. The van der Waals surface area contributed by atoms with Gasteiger partial charge >= 0.3 is 0 Å². The van der Waals surface area contributed by atoms with E-state index < -0.39 is 26.9 Å². The van der Waals surface area contributed by atoms with E-state index in [1.54, 1.807) is 13.8 Å². The van der Waals surface area contributed by atoms with E-state index in [1.807, 2.05) is 13.0 Å². The lowest BCUT2D eigenvalue weighted by Crippen LogP contribution is -2.49. The van der Waals surface area contributed by atoms with Crippen molar-refractivity contribution >= 4 is 27.3 Å². The monoisotopic (exact) mass is 461 g/mol. The minimum absolute atomic E-state index is 0.130. The van der Waals surface area contributed by atoms with E-state index in [9.17, 15) is 23.3 Å². The van der Waals surface area contributed by atoms with Crippen LogP contribution in [0.2, 0.25) is 0 Å². The van der Waals surface area contributed by atoms with Crippen LogP contribution in [0.5, 0.6) is 0 Å². The largest absolute Gasteiger partial charge is 0.350 e. The van der Waals surface area contributed by atoms with Crippen molar-refractivity contribution in [2.45, 2.75) is 59.5 Å². The average Bonchev–Trinajstić information content (AvgIpc) is 2.75. The summed E-state index contributed by atoms with van der Waals surface area (Å²) in [6.07, 6.45) is 2.89. The second kappa shape index (κ2) is 10.6. The summed E-state index contributed by atoms with van der Waals surface area (Å²) in [7, 11) is -3.90. The van der Waals surface area contributed by atoms with Crippen LogP contribution in [0.25, 0.3) is 0 Å². The van der Waals surface area contributed by atoms with Gasteiger partial charge in [-0.15, -0.1) is 0 Å². The second-order valence-electron chi connectivity index (χ2n) is 7.74. The molecule has 0 aliphatic heterocycles. The third-order valence-electron chi connectivity index (χ3n) is 5.48. The number of nitro groups is 1. The molecular formula is C23H31N3O5S. The van der Waals surface area contributed by atoms with Crippen LogP contribution in [0.15, 0.2) is 36.4 Å². The van der Waals surface area contributed by atoms with E-state index >= 15 is 0 Å². The number of nitrogens with zero attached hydrogens (tertiary/aromatic N) is 2. The van der Waals surface area contributed by atoms with Crippen molar-refractivity contribution in [1.82, 2.24) is 5.32 Å². The maximum Gasteiger partial charge on any atom is 0.271 e. The molecule has 8 nitrogen and oxygen atoms in total. The molecule has 9 heteroatoms. The van der Waals surface area contributed by atoms with Crippen LogP contribution in [0.4, 0.5) is 11.4 Å². The molecule has 1 amide bonds. The molecule has 2 rings (SSSR count). The summed E-state index contributed by atoms with van der Waals surface area (Å²) in [5.74, 6) is -0.451. The Balaban J connectivity index is 2.40. The van der Waals surface area contributed by atoms with Crippen LogP contribution in [-0.4, -0.2) is 31.5 Å². The Morgan fingerprint density at radius 2 is 1.78 bits per heavy atom. The number of nitro benzene ring substituents is 1. The van der Waals surface area contributed by atoms with Gasteiger partial charge in [0.2, 0.25) is 15.9 Å². The van der Waals surface area contributed by atoms with Crippen LogP contribution in [0.1, 0.15) is 49.4 Å². The van der Waals surface area contributed by atoms with Gasteiger partial charge in [-0.25, -0.2) is 8.42 Å². The second-order valence-corrected chi connectivity index (χ2v) is 9.60. The van der Waals surface area contributed by atoms with Crippen molar-refractivity contribution in [3.63, 3.8) is 0 Å². The fraction of sp³-hybridized carbons (Fsp3) is 0.435. The first-order chi connectivity index (χ1) is 15.0. The molecule has 1 atom stereocenters. The minimum atomic E-state index is -3.90. The highest BCUT2D eigenvalue weighted by Gasteiger charge is 2.33. The number of carbonyl (C=O) groups is 1. The number of sulfonamides is 1. The third kappa shape index (κ3) is 5.85. The Hall–Kier alpha value is -2.94. The number of carbonyl (C=O) groups excluding carboxylic acids is 1. The summed E-state index contributed by atoms with van der Waals surface area (Å²) in [4.78, 5) is 23.8. The van der Waals surface area contributed by atoms with Crippen LogP contribution in [0.3, 0.4) is 0 Å². The number of amides is 1. The Morgan fingerprint density at radius 1 is 1.09 bits per heavy atom. The summed E-state index contributed by atoms with van der Waals surface area (Å²) < 4.78 is 26.4. The van der Waals surface area contributed by atoms with Crippen molar-refractivity contribution < 1.29 is 18.1 Å². The Bertz CT molecular complexity index is 1100. The number of nitrogens with one attached hydrogen (secondary N) is 1. The number of hydrogen-bond acceptors (Lipinski definition) is 5. The van der Waals surface area contributed by atoms with Gasteiger partial charge in [0.15, 0.2) is 0 Å². The molecule has 0 bridgehead atoms. The maximum absolute atomic E-state index is 13.1. The summed E-state index contributed by atoms with van der Waals surface area (Å²) in [5.41, 5.74) is 3.68. The molecule has 0 saturated heterocycles. The zero-order valence-corrected chi connectivity index (χ0v) is 20.0. The van der Waals surface area contributed by atoms with Gasteiger partial charge in [-0.3, -0.25) is 19.2 Å². The molecule has 0 saturated carbocycles. The quantitative estimate of drug-likeness (QED) is 0.426. The lowest BCUT2D eigenvalue weighted by Gasteiger charge is -2.31. The van der Waals surface area contributed by atoms with Gasteiger partial charge in [0, 0.05) is 18.7 Å². The van der Waals surface area contributed by atoms with Gasteiger partial charge in [-0.1, -0.05) is 45.0 Å². The van der Waals surface area contributed by atoms with Crippen molar-refractivity contribution in [2.24, 2.45) is 0 Å². The Kier molecular flexibility index (Phi) is 8.38. The Morgan fingerprint density at radius 3 is 2.31 bits per heavy atom. The number of rotatable bonds is 10. The number of anilines is 1. The molecule has 0 spiro atoms. The average molecular weight is 462 g/mol. The maximum atomic E-state index is 13.1. The highest BCUT2D eigenvalue weighted by atomic mass is 32.2. The molecule has 0 fully saturated rings. The first-order valence-corrected chi connectivity index (χ1v) is 12.5. The van der Waals surface area contributed by atoms with Crippen molar-refractivity contribution in [1.29, 1.82) is 0 Å². The van der Waals surface area contributed by atoms with Crippen LogP contribution in [-0.2, 0) is 34.2 Å². The van der Waals surface area contributed by atoms with Crippen molar-refractivity contribution in [2.75, 3.05) is 10.6 Å². The lowest BCUT2D eigenvalue weighted by atomic mass is 10.0. The Labute approximate surface area is 189 Å². The zero-order chi connectivity index (χ0) is 24.1. The number of benzene rings is 2. The fourth-order valence-electron chi connectivity index (χ4n) is 3.69. The molecule has 0 heterocycles. The van der Waals surface area contributed by atoms with Gasteiger partial charge in [-0.05, 0) is 48.4 Å². The number of aryl methyl sites for hydroxylation is 3. The van der Waals surface area contributed by atoms with E-state index in [4.69, 9.17) is 0 Å². The van der Waals surface area contributed by atoms with Gasteiger partial charge in [-0.2, -0.15) is 0 Å². The number of non-ortho nitro benzene ring substituents is 1. The van der Waals surface area contributed by atoms with Crippen molar-refractivity contribution in [3.05, 3.63) is 68.8 Å². The minimum Gasteiger partial charge on any atom is -0.350 e. The van der Waals surface area contributed by atoms with E-state index in [2.05, 4.69) is 24.4 Å². The topological polar surface area (TPSA) is 110 Å². The molecule has 0 aliphatic carbocycles. The molecule has 0 radical (unpaired) electrons. The normalized spacial score (nSPS) is 12.3. The molecule has 2 aromatic rings. The summed E-state index contributed by atoms with van der Waals surface area (Å²) in [5, 5.41) is 14.1. The molecular weight excluding hydrogens is 430 g/mol. The highest BCUT2D eigenvalue weighted by Crippen LogP contribution is 2.30. The molecule has 1 N–H and O–H groups in total. The summed E-state index contributed by atoms with van der Waals surface area (Å²) >= 11 is 0. The summed E-state index contributed by atoms with van der Waals surface area (Å²) in [6.45, 7) is 7.74. The van der Waals surface area contributed by atoms with Gasteiger partial charge in [0.25, 0.3) is 5.69 Å². The molecule has 2 aromatic carbocycles. The van der Waals surface area contributed by atoms with Gasteiger partial charge in [0.05, 0.1) is 16.9 Å². The molecule has 32 heavy (non-hydrogen) atoms. The molecule has 174 valence electrons. The van der Waals surface area contributed by atoms with E-state index in [1.165, 1.54) is 18.2 Å². The highest BCUT2D eigenvalue weighted by molar-refractivity contribution is 7.92. The van der Waals surface area contributed by atoms with Crippen LogP contribution in [0, 0.1) is 17.0 Å². The fourth-order valence-corrected chi connectivity index (χ4v) is 4.95. The van der Waals surface area contributed by atoms with E-state index in [0.717, 1.165) is 40.1 Å². The van der Waals surface area contributed by atoms with Crippen molar-refractivity contribution in [3.8, 4) is 0 Å². The summed E-state index contributed by atoms with van der Waals surface area (Å²) in [6, 6.07) is 9.13. The lowest BCUT2D eigenvalue weighted by molar-refractivity contribution is -0.384. The van der Waals surface area contributed by atoms with E-state index in [0.29, 0.717) is 5.56 Å². The van der Waals surface area contributed by atoms with Crippen LogP contribution >= 0.6 is 0 Å². The molecule has 0 aliphatic rings. The number of hydrogen-bond donors (Lipinski definition) is 1. The molecule has 0 aromatic heterocycles. The van der Waals surface area contributed by atoms with Gasteiger partial charge < -0.3 is 5.32 Å². The predicted octanol–water partition coefficient (Wildman–Crippen LogP) is 3.89. The third-order valence-corrected chi connectivity index (χ3v) is 6.65. The standard InChI is InChI=1S/C23H31N3O5S/c1-6-17-10-11-18(7-2)19(13-17)15-24-23(27)21(8-3)25(32(5,30)31)22-14-20(26(28)29)12-9-16(22)4/h9-14,21H,6-8,15H2,1-5H3,(H,24,27)/t21-/m1/s1. The van der Waals surface area contributed by atoms with Crippen LogP contribution < -0.4 is 9.62 Å². The zero-order valence-electron chi connectivity index (χ0n) is 19.2. The smallest absolute Gasteiger partial charge is 0.271 e. The predicted molar refractivity (Wildman–Crippen MR) is 126 cm³/mol. The first-order valence-electron chi connectivity index (χ1n) is 10.7. The van der Waals surface area contributed by atoms with E-state index in [-0.39, 0.29) is 24.3 Å². The van der Waals surface area contributed by atoms with Gasteiger partial charge in [0.1, 0.15) is 6.04 Å². The SMILES string of the molecule is CCc1ccc(CC)c(CNC(=O)[C@@H](CC)N(c2cc([N+](=O)[O-])ccc2C)S(C)(=O)=O)c1.